The van der Waals surface area contributed by atoms with Crippen molar-refractivity contribution in [3.05, 3.63) is 63.5 Å². The van der Waals surface area contributed by atoms with Gasteiger partial charge in [0.2, 0.25) is 0 Å². The van der Waals surface area contributed by atoms with Crippen LogP contribution in [0.4, 0.5) is 0 Å². The Hall–Kier alpha value is -0.900. The van der Waals surface area contributed by atoms with Gasteiger partial charge in [-0.05, 0) is 34.7 Å². The second-order valence-electron chi connectivity index (χ2n) is 3.60. The van der Waals surface area contributed by atoms with E-state index in [1.54, 1.807) is 0 Å². The summed E-state index contributed by atoms with van der Waals surface area (Å²) in [4.78, 5) is 0. The third-order valence-electron chi connectivity index (χ3n) is 2.43. The molecule has 1 aromatic carbocycles. The molecule has 0 aliphatic carbocycles. The van der Waals surface area contributed by atoms with Crippen molar-refractivity contribution >= 4 is 22.6 Å². The number of pyridine rings is 1. The van der Waals surface area contributed by atoms with E-state index in [4.69, 9.17) is 0 Å². The van der Waals surface area contributed by atoms with Gasteiger partial charge in [-0.1, -0.05) is 18.2 Å². The molecular formula is C13H13IN+. The topological polar surface area (TPSA) is 3.88 Å². The van der Waals surface area contributed by atoms with E-state index in [2.05, 4.69) is 82.7 Å². The molecule has 76 valence electrons. The van der Waals surface area contributed by atoms with E-state index < -0.39 is 0 Å². The Balaban J connectivity index is 2.22. The van der Waals surface area contributed by atoms with Crippen LogP contribution in [-0.2, 0) is 6.54 Å². The number of aryl methyl sites for hydroxylation is 1. The maximum atomic E-state index is 2.33. The highest BCUT2D eigenvalue weighted by Crippen LogP contribution is 2.06. The summed E-state index contributed by atoms with van der Waals surface area (Å²) in [5.41, 5.74) is 2.63. The fraction of sp³-hybridized carbons (Fsp3) is 0.154. The molecule has 0 aliphatic rings. The van der Waals surface area contributed by atoms with Crippen LogP contribution in [0.15, 0.2) is 48.7 Å². The molecule has 1 aromatic heterocycles. The van der Waals surface area contributed by atoms with Crippen molar-refractivity contribution in [2.45, 2.75) is 13.5 Å². The van der Waals surface area contributed by atoms with Crippen molar-refractivity contribution in [1.82, 2.24) is 0 Å². The first-order valence-electron chi connectivity index (χ1n) is 4.95. The molecule has 2 aromatic rings. The Morgan fingerprint density at radius 1 is 1.07 bits per heavy atom. The van der Waals surface area contributed by atoms with E-state index in [1.807, 2.05) is 0 Å². The Labute approximate surface area is 104 Å². The van der Waals surface area contributed by atoms with E-state index in [0.717, 1.165) is 6.54 Å². The highest BCUT2D eigenvalue weighted by Gasteiger charge is 2.04. The Morgan fingerprint density at radius 2 is 1.80 bits per heavy atom. The molecule has 0 radical (unpaired) electrons. The third-order valence-corrected chi connectivity index (χ3v) is 3.15. The van der Waals surface area contributed by atoms with Gasteiger partial charge in [-0.3, -0.25) is 0 Å². The molecule has 2 rings (SSSR count). The van der Waals surface area contributed by atoms with E-state index in [1.165, 1.54) is 14.8 Å². The van der Waals surface area contributed by atoms with E-state index >= 15 is 0 Å². The zero-order valence-electron chi connectivity index (χ0n) is 8.65. The number of rotatable bonds is 2. The molecule has 0 N–H and O–H groups in total. The predicted octanol–water partition coefficient (Wildman–Crippen LogP) is 2.94. The number of nitrogens with zero attached hydrogens (tertiary/aromatic N) is 1. The Kier molecular flexibility index (Phi) is 3.36. The van der Waals surface area contributed by atoms with E-state index in [-0.39, 0.29) is 0 Å². The lowest BCUT2D eigenvalue weighted by Crippen LogP contribution is -2.36. The molecule has 1 nitrogen and oxygen atoms in total. The molecule has 1 heterocycles. The van der Waals surface area contributed by atoms with Gasteiger partial charge in [0.25, 0.3) is 0 Å². The first-order chi connectivity index (χ1) is 7.25. The maximum absolute atomic E-state index is 2.33. The van der Waals surface area contributed by atoms with Crippen molar-refractivity contribution in [3.63, 3.8) is 0 Å². The highest BCUT2D eigenvalue weighted by atomic mass is 127. The van der Waals surface area contributed by atoms with Gasteiger partial charge >= 0.3 is 0 Å². The SMILES string of the molecule is Cc1cccc[n+]1Cc1ccc(I)cc1. The molecule has 0 unspecified atom stereocenters. The molecule has 0 spiro atoms. The highest BCUT2D eigenvalue weighted by molar-refractivity contribution is 14.1. The molecule has 0 bridgehead atoms. The zero-order chi connectivity index (χ0) is 10.7. The van der Waals surface area contributed by atoms with Gasteiger partial charge in [0.1, 0.15) is 0 Å². The van der Waals surface area contributed by atoms with Gasteiger partial charge in [0, 0.05) is 28.2 Å². The summed E-state index contributed by atoms with van der Waals surface area (Å²) in [7, 11) is 0. The van der Waals surface area contributed by atoms with Crippen LogP contribution in [0.25, 0.3) is 0 Å². The summed E-state index contributed by atoms with van der Waals surface area (Å²) in [6, 6.07) is 14.9. The Bertz CT molecular complexity index is 448. The van der Waals surface area contributed by atoms with Gasteiger partial charge in [-0.25, -0.2) is 0 Å². The lowest BCUT2D eigenvalue weighted by atomic mass is 10.2. The van der Waals surface area contributed by atoms with Crippen molar-refractivity contribution in [1.29, 1.82) is 0 Å². The van der Waals surface area contributed by atoms with Gasteiger partial charge < -0.3 is 0 Å². The van der Waals surface area contributed by atoms with Crippen molar-refractivity contribution in [2.75, 3.05) is 0 Å². The van der Waals surface area contributed by atoms with E-state index in [9.17, 15) is 0 Å². The van der Waals surface area contributed by atoms with Gasteiger partial charge in [0.15, 0.2) is 18.4 Å². The summed E-state index contributed by atoms with van der Waals surface area (Å²) in [5, 5.41) is 0. The van der Waals surface area contributed by atoms with Crippen LogP contribution in [0.5, 0.6) is 0 Å². The minimum Gasteiger partial charge on any atom is -0.198 e. The number of benzene rings is 1. The van der Waals surface area contributed by atoms with Crippen LogP contribution in [0, 0.1) is 10.5 Å². The summed E-state index contributed by atoms with van der Waals surface area (Å²) in [6.45, 7) is 3.08. The molecule has 0 saturated carbocycles. The molecule has 0 saturated heterocycles. The molecule has 0 amide bonds. The molecule has 15 heavy (non-hydrogen) atoms. The number of hydrogen-bond donors (Lipinski definition) is 0. The third kappa shape index (κ3) is 2.78. The van der Waals surface area contributed by atoms with Gasteiger partial charge in [-0.15, -0.1) is 0 Å². The van der Waals surface area contributed by atoms with Crippen molar-refractivity contribution in [3.8, 4) is 0 Å². The van der Waals surface area contributed by atoms with Crippen LogP contribution in [0.2, 0.25) is 0 Å². The quantitative estimate of drug-likeness (QED) is 0.593. The van der Waals surface area contributed by atoms with Crippen LogP contribution in [0.3, 0.4) is 0 Å². The molecule has 2 heteroatoms. The number of hydrogen-bond acceptors (Lipinski definition) is 0. The van der Waals surface area contributed by atoms with Gasteiger partial charge in [-0.2, -0.15) is 4.57 Å². The van der Waals surface area contributed by atoms with Crippen molar-refractivity contribution in [2.24, 2.45) is 0 Å². The molecule has 0 aliphatic heterocycles. The lowest BCUT2D eigenvalue weighted by Gasteiger charge is -2.00. The summed E-state index contributed by atoms with van der Waals surface area (Å²) >= 11 is 2.33. The minimum absolute atomic E-state index is 0.948. The Morgan fingerprint density at radius 3 is 2.47 bits per heavy atom. The second kappa shape index (κ2) is 4.75. The number of halogens is 1. The maximum Gasteiger partial charge on any atom is 0.178 e. The molecule has 0 fully saturated rings. The first kappa shape index (κ1) is 10.6. The average Bonchev–Trinajstić information content (AvgIpc) is 2.25. The standard InChI is InChI=1S/C13H13IN/c1-11-4-2-3-9-15(11)10-12-5-7-13(14)8-6-12/h2-9H,10H2,1H3/q+1. The van der Waals surface area contributed by atoms with Crippen LogP contribution in [0.1, 0.15) is 11.3 Å². The second-order valence-corrected chi connectivity index (χ2v) is 4.84. The number of aromatic nitrogens is 1. The smallest absolute Gasteiger partial charge is 0.178 e. The average molecular weight is 310 g/mol. The molecule has 0 atom stereocenters. The zero-order valence-corrected chi connectivity index (χ0v) is 10.8. The van der Waals surface area contributed by atoms with Gasteiger partial charge in [0.05, 0.1) is 0 Å². The summed E-state index contributed by atoms with van der Waals surface area (Å²) in [6.07, 6.45) is 2.12. The fourth-order valence-electron chi connectivity index (χ4n) is 1.53. The summed E-state index contributed by atoms with van der Waals surface area (Å²) < 4.78 is 3.54. The van der Waals surface area contributed by atoms with E-state index in [0.29, 0.717) is 0 Å². The summed E-state index contributed by atoms with van der Waals surface area (Å²) in [5.74, 6) is 0. The minimum atomic E-state index is 0.948. The van der Waals surface area contributed by atoms with Crippen LogP contribution >= 0.6 is 22.6 Å². The monoisotopic (exact) mass is 310 g/mol. The van der Waals surface area contributed by atoms with Crippen molar-refractivity contribution < 1.29 is 4.57 Å². The fourth-order valence-corrected chi connectivity index (χ4v) is 1.89. The van der Waals surface area contributed by atoms with Crippen LogP contribution in [-0.4, -0.2) is 0 Å². The predicted molar refractivity (Wildman–Crippen MR) is 69.6 cm³/mol. The molecular weight excluding hydrogens is 297 g/mol. The normalized spacial score (nSPS) is 10.3. The first-order valence-corrected chi connectivity index (χ1v) is 6.03. The largest absolute Gasteiger partial charge is 0.198 e. The lowest BCUT2D eigenvalue weighted by molar-refractivity contribution is -0.694. The van der Waals surface area contributed by atoms with Crippen LogP contribution < -0.4 is 4.57 Å².